The highest BCUT2D eigenvalue weighted by atomic mass is 32.2. The molecule has 6 heteroatoms. The van der Waals surface area contributed by atoms with Crippen molar-refractivity contribution in [1.29, 1.82) is 0 Å². The van der Waals surface area contributed by atoms with Crippen molar-refractivity contribution >= 4 is 23.5 Å². The quantitative estimate of drug-likeness (QED) is 0.920. The van der Waals surface area contributed by atoms with Crippen molar-refractivity contribution in [3.8, 4) is 0 Å². The van der Waals surface area contributed by atoms with E-state index in [1.807, 2.05) is 18.0 Å². The molecule has 1 aromatic heterocycles. The minimum absolute atomic E-state index is 0.123. The van der Waals surface area contributed by atoms with Gasteiger partial charge in [0.1, 0.15) is 5.82 Å². The van der Waals surface area contributed by atoms with E-state index in [0.29, 0.717) is 0 Å². The summed E-state index contributed by atoms with van der Waals surface area (Å²) in [7, 11) is 1.82. The van der Waals surface area contributed by atoms with E-state index >= 15 is 0 Å². The highest BCUT2D eigenvalue weighted by molar-refractivity contribution is 7.99. The second-order valence-electron chi connectivity index (χ2n) is 5.85. The average molecular weight is 320 g/mol. The number of amides is 1. The third-order valence-corrected chi connectivity index (χ3v) is 5.62. The van der Waals surface area contributed by atoms with Gasteiger partial charge in [0.05, 0.1) is 0 Å². The number of thioether (sulfide) groups is 1. The van der Waals surface area contributed by atoms with Gasteiger partial charge in [-0.25, -0.2) is 4.98 Å². The summed E-state index contributed by atoms with van der Waals surface area (Å²) in [4.78, 5) is 21.3. The van der Waals surface area contributed by atoms with E-state index in [9.17, 15) is 4.79 Å². The maximum Gasteiger partial charge on any atom is 0.254 e. The van der Waals surface area contributed by atoms with E-state index in [0.717, 1.165) is 43.6 Å². The molecule has 0 saturated carbocycles. The van der Waals surface area contributed by atoms with E-state index in [1.165, 1.54) is 24.3 Å². The number of hydrogen-bond donors (Lipinski definition) is 1. The summed E-state index contributed by atoms with van der Waals surface area (Å²) < 4.78 is 0. The van der Waals surface area contributed by atoms with Gasteiger partial charge >= 0.3 is 0 Å². The van der Waals surface area contributed by atoms with Crippen molar-refractivity contribution < 1.29 is 4.79 Å². The molecule has 0 atom stereocenters. The molecule has 3 rings (SSSR count). The van der Waals surface area contributed by atoms with Crippen LogP contribution < -0.4 is 5.32 Å². The number of anilines is 1. The van der Waals surface area contributed by atoms with E-state index in [2.05, 4.69) is 27.0 Å². The van der Waals surface area contributed by atoms with Crippen LogP contribution in [-0.4, -0.2) is 71.5 Å². The molecule has 3 heterocycles. The Morgan fingerprint density at radius 2 is 2.00 bits per heavy atom. The predicted molar refractivity (Wildman–Crippen MR) is 91.6 cm³/mol. The summed E-state index contributed by atoms with van der Waals surface area (Å²) in [6.07, 6.45) is 4.29. The van der Waals surface area contributed by atoms with Gasteiger partial charge in [-0.1, -0.05) is 0 Å². The number of nitrogens with zero attached hydrogens (tertiary/aromatic N) is 3. The number of pyridine rings is 1. The molecule has 0 bridgehead atoms. The van der Waals surface area contributed by atoms with Gasteiger partial charge in [0.15, 0.2) is 0 Å². The third-order valence-electron chi connectivity index (χ3n) is 4.57. The third kappa shape index (κ3) is 3.55. The molecule has 0 unspecified atom stereocenters. The molecule has 22 heavy (non-hydrogen) atoms. The maximum atomic E-state index is 12.6. The van der Waals surface area contributed by atoms with Gasteiger partial charge in [-0.15, -0.1) is 0 Å². The van der Waals surface area contributed by atoms with Crippen molar-refractivity contribution in [3.63, 3.8) is 0 Å². The first-order valence-corrected chi connectivity index (χ1v) is 9.18. The largest absolute Gasteiger partial charge is 0.373 e. The highest BCUT2D eigenvalue weighted by Gasteiger charge is 2.27. The van der Waals surface area contributed by atoms with Crippen LogP contribution in [0.25, 0.3) is 0 Å². The van der Waals surface area contributed by atoms with Gasteiger partial charge < -0.3 is 10.2 Å². The first kappa shape index (κ1) is 15.6. The van der Waals surface area contributed by atoms with Gasteiger partial charge in [0, 0.05) is 51.0 Å². The predicted octanol–water partition coefficient (Wildman–Crippen LogP) is 1.78. The summed E-state index contributed by atoms with van der Waals surface area (Å²) >= 11 is 2.07. The van der Waals surface area contributed by atoms with E-state index in [1.54, 1.807) is 12.3 Å². The van der Waals surface area contributed by atoms with Crippen molar-refractivity contribution in [3.05, 3.63) is 23.9 Å². The Hall–Kier alpha value is -1.27. The normalized spacial score (nSPS) is 20.9. The van der Waals surface area contributed by atoms with Gasteiger partial charge in [0.25, 0.3) is 5.91 Å². The fourth-order valence-electron chi connectivity index (χ4n) is 3.22. The Labute approximate surface area is 136 Å². The first-order chi connectivity index (χ1) is 10.8. The molecule has 120 valence electrons. The molecule has 5 nitrogen and oxygen atoms in total. The standard InChI is InChI=1S/C16H24N4OS/c1-17-15-12-13(2-5-18-15)16(21)20-8-6-19(7-9-20)14-3-10-22-11-4-14/h2,5,12,14H,3-4,6-11H2,1H3,(H,17,18). The van der Waals surface area contributed by atoms with Crippen LogP contribution in [0, 0.1) is 0 Å². The number of piperazine rings is 1. The molecule has 1 aromatic rings. The number of aromatic nitrogens is 1. The number of hydrogen-bond acceptors (Lipinski definition) is 5. The lowest BCUT2D eigenvalue weighted by Gasteiger charge is -2.40. The van der Waals surface area contributed by atoms with Crippen LogP contribution in [0.4, 0.5) is 5.82 Å². The maximum absolute atomic E-state index is 12.6. The lowest BCUT2D eigenvalue weighted by molar-refractivity contribution is 0.0559. The second-order valence-corrected chi connectivity index (χ2v) is 7.08. The van der Waals surface area contributed by atoms with E-state index in [4.69, 9.17) is 0 Å². The lowest BCUT2D eigenvalue weighted by Crippen LogP contribution is -2.52. The molecule has 2 aliphatic heterocycles. The van der Waals surface area contributed by atoms with Crippen LogP contribution in [0.15, 0.2) is 18.3 Å². The first-order valence-electron chi connectivity index (χ1n) is 8.03. The van der Waals surface area contributed by atoms with Crippen LogP contribution in [-0.2, 0) is 0 Å². The minimum Gasteiger partial charge on any atom is -0.373 e. The van der Waals surface area contributed by atoms with Crippen LogP contribution in [0.5, 0.6) is 0 Å². The summed E-state index contributed by atoms with van der Waals surface area (Å²) in [5.41, 5.74) is 0.724. The summed E-state index contributed by atoms with van der Waals surface area (Å²) in [5.74, 6) is 3.43. The number of nitrogens with one attached hydrogen (secondary N) is 1. The smallest absolute Gasteiger partial charge is 0.254 e. The van der Waals surface area contributed by atoms with E-state index in [-0.39, 0.29) is 5.91 Å². The van der Waals surface area contributed by atoms with Crippen LogP contribution >= 0.6 is 11.8 Å². The average Bonchev–Trinajstić information content (AvgIpc) is 2.62. The molecule has 2 fully saturated rings. The lowest BCUT2D eigenvalue weighted by atomic mass is 10.1. The number of rotatable bonds is 3. The Morgan fingerprint density at radius 1 is 1.27 bits per heavy atom. The van der Waals surface area contributed by atoms with Gasteiger partial charge in [-0.3, -0.25) is 9.69 Å². The number of carbonyl (C=O) groups excluding carboxylic acids is 1. The summed E-state index contributed by atoms with van der Waals surface area (Å²) in [6.45, 7) is 3.68. The highest BCUT2D eigenvalue weighted by Crippen LogP contribution is 2.23. The second kappa shape index (κ2) is 7.33. The van der Waals surface area contributed by atoms with E-state index < -0.39 is 0 Å². The van der Waals surface area contributed by atoms with Crippen LogP contribution in [0.2, 0.25) is 0 Å². The molecule has 1 amide bonds. The zero-order valence-corrected chi connectivity index (χ0v) is 13.9. The molecule has 0 aliphatic carbocycles. The fourth-order valence-corrected chi connectivity index (χ4v) is 4.30. The molecule has 0 radical (unpaired) electrons. The Balaban J connectivity index is 1.57. The van der Waals surface area contributed by atoms with Gasteiger partial charge in [-0.05, 0) is 36.5 Å². The molecular formula is C16H24N4OS. The zero-order chi connectivity index (χ0) is 15.4. The number of carbonyl (C=O) groups is 1. The molecule has 2 aliphatic rings. The summed E-state index contributed by atoms with van der Waals surface area (Å²) in [5, 5.41) is 2.98. The van der Waals surface area contributed by atoms with Crippen molar-refractivity contribution in [2.75, 3.05) is 50.0 Å². The van der Waals surface area contributed by atoms with Crippen LogP contribution in [0.1, 0.15) is 23.2 Å². The van der Waals surface area contributed by atoms with Crippen molar-refractivity contribution in [1.82, 2.24) is 14.8 Å². The SMILES string of the molecule is CNc1cc(C(=O)N2CCN(C3CCSCC3)CC2)ccn1. The fraction of sp³-hybridized carbons (Fsp3) is 0.625. The van der Waals surface area contributed by atoms with Crippen LogP contribution in [0.3, 0.4) is 0 Å². The molecule has 0 aromatic carbocycles. The zero-order valence-electron chi connectivity index (χ0n) is 13.1. The van der Waals surface area contributed by atoms with Crippen molar-refractivity contribution in [2.24, 2.45) is 0 Å². The Morgan fingerprint density at radius 3 is 2.68 bits per heavy atom. The topological polar surface area (TPSA) is 48.5 Å². The van der Waals surface area contributed by atoms with Gasteiger partial charge in [-0.2, -0.15) is 11.8 Å². The molecular weight excluding hydrogens is 296 g/mol. The van der Waals surface area contributed by atoms with Crippen molar-refractivity contribution in [2.45, 2.75) is 18.9 Å². The molecule has 0 spiro atoms. The Kier molecular flexibility index (Phi) is 5.20. The minimum atomic E-state index is 0.123. The molecule has 1 N–H and O–H groups in total. The molecule has 2 saturated heterocycles. The summed E-state index contributed by atoms with van der Waals surface area (Å²) in [6, 6.07) is 4.36. The monoisotopic (exact) mass is 320 g/mol. The Bertz CT molecular complexity index is 511. The van der Waals surface area contributed by atoms with Gasteiger partial charge in [0.2, 0.25) is 0 Å².